The average Bonchev–Trinajstić information content (AvgIpc) is 2.89. The van der Waals surface area contributed by atoms with Crippen LogP contribution in [0.4, 0.5) is 5.69 Å². The molecule has 0 unspecified atom stereocenters. The van der Waals surface area contributed by atoms with Gasteiger partial charge in [-0.05, 0) is 36.4 Å². The van der Waals surface area contributed by atoms with Gasteiger partial charge in [0, 0.05) is 11.6 Å². The third-order valence-corrected chi connectivity index (χ3v) is 3.87. The maximum atomic E-state index is 12.5. The SMILES string of the molecule is COc1ccc(C(=O)/C=C2\OC(=N)N(c3ccccc3Cl)C2=O)cc1. The van der Waals surface area contributed by atoms with Gasteiger partial charge >= 0.3 is 11.9 Å². The minimum atomic E-state index is -0.625. The largest absolute Gasteiger partial charge is 0.497 e. The van der Waals surface area contributed by atoms with Crippen LogP contribution in [0, 0.1) is 5.41 Å². The number of ether oxygens (including phenoxy) is 2. The average molecular weight is 357 g/mol. The zero-order valence-electron chi connectivity index (χ0n) is 13.2. The Bertz CT molecular complexity index is 890. The lowest BCUT2D eigenvalue weighted by Crippen LogP contribution is -2.29. The highest BCUT2D eigenvalue weighted by Crippen LogP contribution is 2.30. The van der Waals surface area contributed by atoms with Gasteiger partial charge in [-0.15, -0.1) is 0 Å². The number of allylic oxidation sites excluding steroid dienone is 1. The summed E-state index contributed by atoms with van der Waals surface area (Å²) >= 11 is 6.07. The normalized spacial score (nSPS) is 15.4. The van der Waals surface area contributed by atoms with E-state index in [1.807, 2.05) is 0 Å². The van der Waals surface area contributed by atoms with Gasteiger partial charge < -0.3 is 9.47 Å². The van der Waals surface area contributed by atoms with Crippen molar-refractivity contribution in [2.75, 3.05) is 12.0 Å². The topological polar surface area (TPSA) is 79.7 Å². The first kappa shape index (κ1) is 16.7. The second-order valence-corrected chi connectivity index (χ2v) is 5.51. The van der Waals surface area contributed by atoms with Crippen molar-refractivity contribution in [1.29, 1.82) is 5.41 Å². The highest BCUT2D eigenvalue weighted by Gasteiger charge is 2.36. The van der Waals surface area contributed by atoms with Crippen LogP contribution in [-0.2, 0) is 9.53 Å². The number of benzene rings is 2. The van der Waals surface area contributed by atoms with Crippen LogP contribution in [0.2, 0.25) is 5.02 Å². The first-order chi connectivity index (χ1) is 12.0. The molecular weight excluding hydrogens is 344 g/mol. The van der Waals surface area contributed by atoms with Crippen molar-refractivity contribution in [3.8, 4) is 5.75 Å². The van der Waals surface area contributed by atoms with Crippen molar-refractivity contribution in [1.82, 2.24) is 0 Å². The molecule has 3 rings (SSSR count). The molecule has 1 saturated heterocycles. The molecule has 0 saturated carbocycles. The molecular formula is C18H13ClN2O4. The third-order valence-electron chi connectivity index (χ3n) is 3.55. The maximum absolute atomic E-state index is 12.5. The molecule has 25 heavy (non-hydrogen) atoms. The third kappa shape index (κ3) is 3.25. The molecule has 1 amide bonds. The Hall–Kier alpha value is -3.12. The number of ketones is 1. The summed E-state index contributed by atoms with van der Waals surface area (Å²) in [5.74, 6) is -0.658. The monoisotopic (exact) mass is 356 g/mol. The van der Waals surface area contributed by atoms with E-state index in [2.05, 4.69) is 0 Å². The molecule has 1 heterocycles. The number of nitrogens with one attached hydrogen (secondary N) is 1. The number of carbonyl (C=O) groups is 2. The molecule has 126 valence electrons. The number of amidine groups is 1. The van der Waals surface area contributed by atoms with Crippen molar-refractivity contribution < 1.29 is 19.1 Å². The minimum absolute atomic E-state index is 0.231. The number of anilines is 1. The summed E-state index contributed by atoms with van der Waals surface area (Å²) in [5, 5.41) is 8.16. The summed E-state index contributed by atoms with van der Waals surface area (Å²) in [7, 11) is 1.53. The lowest BCUT2D eigenvalue weighted by atomic mass is 10.1. The van der Waals surface area contributed by atoms with Gasteiger partial charge in [-0.1, -0.05) is 23.7 Å². The van der Waals surface area contributed by atoms with E-state index >= 15 is 0 Å². The van der Waals surface area contributed by atoms with Gasteiger partial charge in [0.1, 0.15) is 5.75 Å². The van der Waals surface area contributed by atoms with Crippen molar-refractivity contribution >= 4 is 35.0 Å². The molecule has 2 aromatic rings. The number of carbonyl (C=O) groups excluding carboxylic acids is 2. The van der Waals surface area contributed by atoms with Crippen molar-refractivity contribution in [2.45, 2.75) is 0 Å². The Morgan fingerprint density at radius 2 is 1.88 bits per heavy atom. The minimum Gasteiger partial charge on any atom is -0.497 e. The Labute approximate surface area is 148 Å². The van der Waals surface area contributed by atoms with E-state index in [0.717, 1.165) is 11.0 Å². The highest BCUT2D eigenvalue weighted by molar-refractivity contribution is 6.36. The van der Waals surface area contributed by atoms with E-state index in [-0.39, 0.29) is 5.76 Å². The Kier molecular flexibility index (Phi) is 4.54. The van der Waals surface area contributed by atoms with E-state index in [4.69, 9.17) is 26.5 Å². The van der Waals surface area contributed by atoms with Crippen LogP contribution in [0.5, 0.6) is 5.75 Å². The molecule has 1 aliphatic rings. The highest BCUT2D eigenvalue weighted by atomic mass is 35.5. The molecule has 0 aromatic heterocycles. The summed E-state index contributed by atoms with van der Waals surface area (Å²) in [6, 6.07) is 12.6. The summed E-state index contributed by atoms with van der Waals surface area (Å²) < 4.78 is 10.2. The lowest BCUT2D eigenvalue weighted by Gasteiger charge is -2.13. The molecule has 2 aromatic carbocycles. The molecule has 1 N–H and O–H groups in total. The number of para-hydroxylation sites is 1. The molecule has 6 nitrogen and oxygen atoms in total. The van der Waals surface area contributed by atoms with Gasteiger partial charge in [0.05, 0.1) is 17.8 Å². The molecule has 1 fully saturated rings. The summed E-state index contributed by atoms with van der Waals surface area (Å²) in [6.45, 7) is 0. The molecule has 1 aliphatic heterocycles. The Morgan fingerprint density at radius 3 is 2.52 bits per heavy atom. The fourth-order valence-corrected chi connectivity index (χ4v) is 2.52. The smallest absolute Gasteiger partial charge is 0.302 e. The van der Waals surface area contributed by atoms with Gasteiger partial charge in [-0.3, -0.25) is 15.0 Å². The van der Waals surface area contributed by atoms with Crippen molar-refractivity contribution in [3.05, 3.63) is 71.0 Å². The zero-order valence-corrected chi connectivity index (χ0v) is 13.9. The number of hydrogen-bond acceptors (Lipinski definition) is 5. The number of nitrogens with zero attached hydrogens (tertiary/aromatic N) is 1. The van der Waals surface area contributed by atoms with Crippen LogP contribution >= 0.6 is 11.6 Å². The second-order valence-electron chi connectivity index (χ2n) is 5.10. The summed E-state index contributed by atoms with van der Waals surface area (Å²) in [6.07, 6.45) is 1.07. The van der Waals surface area contributed by atoms with Crippen LogP contribution in [0.25, 0.3) is 0 Å². The molecule has 0 radical (unpaired) electrons. The standard InChI is InChI=1S/C18H13ClN2O4/c1-24-12-8-6-11(7-9-12)15(22)10-16-17(23)21(18(20)25-16)14-5-3-2-4-13(14)19/h2-10,20H,1H3/b16-10-,20-18?. The number of amides is 1. The number of methoxy groups -OCH3 is 1. The van der Waals surface area contributed by atoms with Gasteiger partial charge in [0.25, 0.3) is 0 Å². The molecule has 0 bridgehead atoms. The molecule has 0 aliphatic carbocycles. The quantitative estimate of drug-likeness (QED) is 0.672. The summed E-state index contributed by atoms with van der Waals surface area (Å²) in [4.78, 5) is 25.8. The van der Waals surface area contributed by atoms with Crippen LogP contribution in [0.3, 0.4) is 0 Å². The van der Waals surface area contributed by atoms with E-state index in [9.17, 15) is 9.59 Å². The van der Waals surface area contributed by atoms with E-state index in [1.54, 1.807) is 48.5 Å². The van der Waals surface area contributed by atoms with Crippen LogP contribution in [-0.4, -0.2) is 24.8 Å². The summed E-state index contributed by atoms with van der Waals surface area (Å²) in [5.41, 5.74) is 0.687. The molecule has 0 spiro atoms. The fourth-order valence-electron chi connectivity index (χ4n) is 2.30. The second kappa shape index (κ2) is 6.78. The van der Waals surface area contributed by atoms with Crippen molar-refractivity contribution in [3.63, 3.8) is 0 Å². The zero-order chi connectivity index (χ0) is 18.0. The van der Waals surface area contributed by atoms with E-state index in [1.165, 1.54) is 7.11 Å². The fraction of sp³-hybridized carbons (Fsp3) is 0.0556. The maximum Gasteiger partial charge on any atom is 0.302 e. The van der Waals surface area contributed by atoms with E-state index in [0.29, 0.717) is 22.0 Å². The predicted molar refractivity (Wildman–Crippen MR) is 93.2 cm³/mol. The Balaban J connectivity index is 1.87. The van der Waals surface area contributed by atoms with Gasteiger partial charge in [0.15, 0.2) is 5.78 Å². The van der Waals surface area contributed by atoms with Gasteiger partial charge in [-0.25, -0.2) is 4.90 Å². The Morgan fingerprint density at radius 1 is 1.20 bits per heavy atom. The first-order valence-corrected chi connectivity index (χ1v) is 7.64. The predicted octanol–water partition coefficient (Wildman–Crippen LogP) is 3.41. The number of halogens is 1. The number of rotatable bonds is 4. The van der Waals surface area contributed by atoms with E-state index < -0.39 is 17.7 Å². The van der Waals surface area contributed by atoms with Crippen LogP contribution < -0.4 is 9.64 Å². The van der Waals surface area contributed by atoms with Gasteiger partial charge in [0.2, 0.25) is 5.76 Å². The van der Waals surface area contributed by atoms with Crippen LogP contribution in [0.1, 0.15) is 10.4 Å². The van der Waals surface area contributed by atoms with Gasteiger partial charge in [-0.2, -0.15) is 0 Å². The number of hydrogen-bond donors (Lipinski definition) is 1. The lowest BCUT2D eigenvalue weighted by molar-refractivity contribution is -0.114. The van der Waals surface area contributed by atoms with Crippen LogP contribution in [0.15, 0.2) is 60.4 Å². The molecule has 0 atom stereocenters. The first-order valence-electron chi connectivity index (χ1n) is 7.26. The van der Waals surface area contributed by atoms with Crippen molar-refractivity contribution in [2.24, 2.45) is 0 Å². The molecule has 7 heteroatoms.